The maximum Gasteiger partial charge on any atom is -0.0147 e. The van der Waals surface area contributed by atoms with E-state index in [0.717, 1.165) is 11.5 Å². The van der Waals surface area contributed by atoms with E-state index in [1.165, 1.54) is 109 Å². The fraction of sp³-hybridized carbons (Fsp3) is 1.00. The molecule has 0 fully saturated rings. The molecule has 0 aliphatic heterocycles. The number of nitrogens with zero attached hydrogens (tertiary/aromatic N) is 1. The molecule has 0 spiro atoms. The quantitative estimate of drug-likeness (QED) is 0.182. The highest BCUT2D eigenvalue weighted by molar-refractivity contribution is 4.52. The summed E-state index contributed by atoms with van der Waals surface area (Å²) in [5.41, 5.74) is 0. The summed E-state index contributed by atoms with van der Waals surface area (Å²) in [6, 6.07) is 0. The van der Waals surface area contributed by atoms with Gasteiger partial charge in [0.2, 0.25) is 0 Å². The summed E-state index contributed by atoms with van der Waals surface area (Å²) in [6.45, 7) is 2.99. The first-order valence-corrected chi connectivity index (χ1v) is 10.7. The molecule has 0 N–H and O–H groups in total. The SMILES string of the molecule is CCCCCCCCCCCCCCCCCCCCN(C)[O-]. The zero-order valence-electron chi connectivity index (χ0n) is 16.3. The van der Waals surface area contributed by atoms with Crippen LogP contribution in [0.1, 0.15) is 122 Å². The second-order valence-electron chi connectivity index (χ2n) is 7.36. The predicted molar refractivity (Wildman–Crippen MR) is 105 cm³/mol. The van der Waals surface area contributed by atoms with Gasteiger partial charge in [-0.25, -0.2) is 0 Å². The molecule has 0 heterocycles. The zero-order valence-corrected chi connectivity index (χ0v) is 16.3. The maximum atomic E-state index is 10.7. The van der Waals surface area contributed by atoms with Crippen molar-refractivity contribution in [3.63, 3.8) is 0 Å². The highest BCUT2D eigenvalue weighted by Gasteiger charge is 1.95. The highest BCUT2D eigenvalue weighted by atomic mass is 16.5. The zero-order chi connectivity index (χ0) is 17.0. The number of hydrogen-bond donors (Lipinski definition) is 0. The lowest BCUT2D eigenvalue weighted by atomic mass is 10.0. The molecule has 0 amide bonds. The van der Waals surface area contributed by atoms with Gasteiger partial charge in [-0.1, -0.05) is 116 Å². The van der Waals surface area contributed by atoms with Crippen molar-refractivity contribution in [3.8, 4) is 0 Å². The van der Waals surface area contributed by atoms with Gasteiger partial charge < -0.3 is 10.3 Å². The van der Waals surface area contributed by atoms with Crippen LogP contribution in [0.3, 0.4) is 0 Å². The second kappa shape index (κ2) is 20.0. The lowest BCUT2D eigenvalue weighted by molar-refractivity contribution is 0.429. The minimum Gasteiger partial charge on any atom is -0.785 e. The summed E-state index contributed by atoms with van der Waals surface area (Å²) in [5.74, 6) is 0. The summed E-state index contributed by atoms with van der Waals surface area (Å²) in [7, 11) is 1.62. The van der Waals surface area contributed by atoms with Crippen LogP contribution in [-0.2, 0) is 0 Å². The monoisotopic (exact) mass is 326 g/mol. The molecule has 0 atom stereocenters. The first kappa shape index (κ1) is 22.9. The van der Waals surface area contributed by atoms with Crippen molar-refractivity contribution in [2.24, 2.45) is 0 Å². The van der Waals surface area contributed by atoms with Gasteiger partial charge in [0.15, 0.2) is 0 Å². The van der Waals surface area contributed by atoms with Crippen molar-refractivity contribution >= 4 is 0 Å². The third-order valence-corrected chi connectivity index (χ3v) is 4.83. The van der Waals surface area contributed by atoms with E-state index in [4.69, 9.17) is 0 Å². The van der Waals surface area contributed by atoms with E-state index in [1.54, 1.807) is 7.05 Å². The number of rotatable bonds is 19. The summed E-state index contributed by atoms with van der Waals surface area (Å²) >= 11 is 0. The van der Waals surface area contributed by atoms with Crippen molar-refractivity contribution in [3.05, 3.63) is 5.21 Å². The molecule has 2 nitrogen and oxygen atoms in total. The molecule has 0 aromatic carbocycles. The van der Waals surface area contributed by atoms with Gasteiger partial charge in [-0.2, -0.15) is 0 Å². The minimum absolute atomic E-state index is 0.707. The molecule has 2 heteroatoms. The Labute approximate surface area is 147 Å². The van der Waals surface area contributed by atoms with Gasteiger partial charge >= 0.3 is 0 Å². The predicted octanol–water partition coefficient (Wildman–Crippen LogP) is 7.46. The molecule has 0 aliphatic rings. The molecule has 0 rings (SSSR count). The van der Waals surface area contributed by atoms with Crippen LogP contribution in [0.25, 0.3) is 0 Å². The Kier molecular flexibility index (Phi) is 19.9. The van der Waals surface area contributed by atoms with Crippen LogP contribution < -0.4 is 0 Å². The molecular formula is C21H44NO-. The first-order valence-electron chi connectivity index (χ1n) is 10.7. The van der Waals surface area contributed by atoms with Gasteiger partial charge in [-0.15, -0.1) is 0 Å². The van der Waals surface area contributed by atoms with Crippen LogP contribution >= 0.6 is 0 Å². The lowest BCUT2D eigenvalue weighted by Gasteiger charge is -2.21. The molecule has 0 unspecified atom stereocenters. The molecule has 140 valence electrons. The molecule has 23 heavy (non-hydrogen) atoms. The summed E-state index contributed by atoms with van der Waals surface area (Å²) in [5, 5.41) is 11.8. The third kappa shape index (κ3) is 21.9. The van der Waals surface area contributed by atoms with E-state index in [0.29, 0.717) is 6.54 Å². The molecule has 0 saturated heterocycles. The van der Waals surface area contributed by atoms with Gasteiger partial charge in [0.05, 0.1) is 0 Å². The van der Waals surface area contributed by atoms with Crippen LogP contribution in [0, 0.1) is 5.21 Å². The average Bonchev–Trinajstić information content (AvgIpc) is 2.53. The molecule has 0 bridgehead atoms. The molecule has 0 saturated carbocycles. The standard InChI is InChI=1S/C21H44NO/c1-3-4-5-6-7-8-9-10-11-12-13-14-15-16-17-18-19-20-21-22(2)23/h3-21H2,1-2H3/q-1. The molecule has 0 aromatic heterocycles. The summed E-state index contributed by atoms with van der Waals surface area (Å²) < 4.78 is 0. The van der Waals surface area contributed by atoms with Crippen molar-refractivity contribution in [2.75, 3.05) is 13.6 Å². The van der Waals surface area contributed by atoms with E-state index in [-0.39, 0.29) is 0 Å². The van der Waals surface area contributed by atoms with Crippen LogP contribution in [0.5, 0.6) is 0 Å². The topological polar surface area (TPSA) is 26.3 Å². The summed E-state index contributed by atoms with van der Waals surface area (Å²) in [6.07, 6.45) is 25.1. The van der Waals surface area contributed by atoms with E-state index >= 15 is 0 Å². The number of hydroxylamine groups is 2. The van der Waals surface area contributed by atoms with Crippen LogP contribution in [0.2, 0.25) is 0 Å². The van der Waals surface area contributed by atoms with Gasteiger partial charge in [0.1, 0.15) is 0 Å². The van der Waals surface area contributed by atoms with Crippen LogP contribution in [-0.4, -0.2) is 18.7 Å². The van der Waals surface area contributed by atoms with E-state index in [9.17, 15) is 5.21 Å². The molecule has 0 radical (unpaired) electrons. The normalized spacial score (nSPS) is 11.5. The smallest absolute Gasteiger partial charge is 0.0147 e. The molecule has 0 aromatic rings. The molecule has 0 aliphatic carbocycles. The lowest BCUT2D eigenvalue weighted by Crippen LogP contribution is -2.10. The fourth-order valence-electron chi connectivity index (χ4n) is 3.24. The minimum atomic E-state index is 0.707. The van der Waals surface area contributed by atoms with Crippen molar-refractivity contribution in [1.82, 2.24) is 5.06 Å². The van der Waals surface area contributed by atoms with E-state index in [1.807, 2.05) is 0 Å². The van der Waals surface area contributed by atoms with Gasteiger partial charge in [-0.3, -0.25) is 0 Å². The Bertz CT molecular complexity index is 206. The van der Waals surface area contributed by atoms with Crippen LogP contribution in [0.4, 0.5) is 0 Å². The van der Waals surface area contributed by atoms with Crippen LogP contribution in [0.15, 0.2) is 0 Å². The first-order chi connectivity index (χ1) is 11.3. The average molecular weight is 327 g/mol. The van der Waals surface area contributed by atoms with E-state index < -0.39 is 0 Å². The fourth-order valence-corrected chi connectivity index (χ4v) is 3.24. The van der Waals surface area contributed by atoms with E-state index in [2.05, 4.69) is 6.92 Å². The maximum absolute atomic E-state index is 10.7. The Morgan fingerprint density at radius 3 is 1.00 bits per heavy atom. The summed E-state index contributed by atoms with van der Waals surface area (Å²) in [4.78, 5) is 0. The van der Waals surface area contributed by atoms with Crippen molar-refractivity contribution < 1.29 is 0 Å². The Morgan fingerprint density at radius 2 is 0.739 bits per heavy atom. The Balaban J connectivity index is 2.95. The number of hydrogen-bond acceptors (Lipinski definition) is 2. The van der Waals surface area contributed by atoms with Gasteiger partial charge in [-0.05, 0) is 20.0 Å². The second-order valence-corrected chi connectivity index (χ2v) is 7.36. The molecular weight excluding hydrogens is 282 g/mol. The largest absolute Gasteiger partial charge is 0.785 e. The number of unbranched alkanes of at least 4 members (excludes halogenated alkanes) is 17. The van der Waals surface area contributed by atoms with Gasteiger partial charge in [0, 0.05) is 0 Å². The Morgan fingerprint density at radius 1 is 0.478 bits per heavy atom. The van der Waals surface area contributed by atoms with Crippen molar-refractivity contribution in [1.29, 1.82) is 0 Å². The van der Waals surface area contributed by atoms with Gasteiger partial charge in [0.25, 0.3) is 0 Å². The third-order valence-electron chi connectivity index (χ3n) is 4.83. The van der Waals surface area contributed by atoms with Crippen molar-refractivity contribution in [2.45, 2.75) is 122 Å². The highest BCUT2D eigenvalue weighted by Crippen LogP contribution is 2.14. The Hall–Kier alpha value is -0.0800.